The highest BCUT2D eigenvalue weighted by atomic mass is 16.5. The summed E-state index contributed by atoms with van der Waals surface area (Å²) in [6.07, 6.45) is 2.48. The molecule has 0 saturated carbocycles. The van der Waals surface area contributed by atoms with E-state index in [9.17, 15) is 0 Å². The zero-order chi connectivity index (χ0) is 12.6. The fraction of sp³-hybridized carbons (Fsp3) is 0.600. The van der Waals surface area contributed by atoms with Gasteiger partial charge in [0.25, 0.3) is 0 Å². The zero-order valence-corrected chi connectivity index (χ0v) is 11.3. The van der Waals surface area contributed by atoms with Gasteiger partial charge in [-0.1, -0.05) is 12.1 Å². The van der Waals surface area contributed by atoms with E-state index in [-0.39, 0.29) is 0 Å². The van der Waals surface area contributed by atoms with Crippen LogP contribution in [0.25, 0.3) is 0 Å². The molecule has 0 spiro atoms. The SMILES string of the molecule is Cc1cccc(OCCN2CCCNCCC2)c1. The molecular formula is C15H24N2O. The average Bonchev–Trinajstić information content (AvgIpc) is 2.32. The van der Waals surface area contributed by atoms with Gasteiger partial charge in [-0.3, -0.25) is 4.90 Å². The molecule has 0 radical (unpaired) electrons. The lowest BCUT2D eigenvalue weighted by molar-refractivity contribution is 0.198. The van der Waals surface area contributed by atoms with Gasteiger partial charge in [-0.25, -0.2) is 0 Å². The quantitative estimate of drug-likeness (QED) is 0.882. The van der Waals surface area contributed by atoms with Crippen LogP contribution in [0.1, 0.15) is 18.4 Å². The van der Waals surface area contributed by atoms with Crippen LogP contribution in [0.15, 0.2) is 24.3 Å². The summed E-state index contributed by atoms with van der Waals surface area (Å²) in [4.78, 5) is 2.51. The molecule has 2 rings (SSSR count). The Labute approximate surface area is 110 Å². The van der Waals surface area contributed by atoms with E-state index >= 15 is 0 Å². The van der Waals surface area contributed by atoms with Crippen LogP contribution >= 0.6 is 0 Å². The minimum Gasteiger partial charge on any atom is -0.492 e. The molecule has 1 aromatic carbocycles. The highest BCUT2D eigenvalue weighted by Gasteiger charge is 2.07. The van der Waals surface area contributed by atoms with Crippen molar-refractivity contribution in [3.05, 3.63) is 29.8 Å². The van der Waals surface area contributed by atoms with Crippen molar-refractivity contribution in [2.45, 2.75) is 19.8 Å². The van der Waals surface area contributed by atoms with Crippen molar-refractivity contribution in [3.63, 3.8) is 0 Å². The number of hydrogen-bond acceptors (Lipinski definition) is 3. The van der Waals surface area contributed by atoms with Gasteiger partial charge in [-0.2, -0.15) is 0 Å². The number of hydrogen-bond donors (Lipinski definition) is 1. The minimum absolute atomic E-state index is 0.789. The van der Waals surface area contributed by atoms with E-state index in [2.05, 4.69) is 29.3 Å². The Morgan fingerprint density at radius 1 is 1.22 bits per heavy atom. The summed E-state index contributed by atoms with van der Waals surface area (Å²) in [6, 6.07) is 8.27. The van der Waals surface area contributed by atoms with Crippen LogP contribution in [0.2, 0.25) is 0 Å². The molecule has 0 atom stereocenters. The Hall–Kier alpha value is -1.06. The van der Waals surface area contributed by atoms with Crippen molar-refractivity contribution >= 4 is 0 Å². The van der Waals surface area contributed by atoms with E-state index in [1.807, 2.05) is 12.1 Å². The summed E-state index contributed by atoms with van der Waals surface area (Å²) >= 11 is 0. The second kappa shape index (κ2) is 7.39. The number of benzene rings is 1. The van der Waals surface area contributed by atoms with Crippen molar-refractivity contribution in [3.8, 4) is 5.75 Å². The first-order chi connectivity index (χ1) is 8.84. The van der Waals surface area contributed by atoms with Crippen molar-refractivity contribution in [1.29, 1.82) is 0 Å². The van der Waals surface area contributed by atoms with Crippen LogP contribution in [0, 0.1) is 6.92 Å². The molecule has 100 valence electrons. The van der Waals surface area contributed by atoms with Gasteiger partial charge in [0.05, 0.1) is 0 Å². The van der Waals surface area contributed by atoms with Gasteiger partial charge in [-0.05, 0) is 63.6 Å². The third-order valence-corrected chi connectivity index (χ3v) is 3.32. The Morgan fingerprint density at radius 3 is 2.72 bits per heavy atom. The molecule has 1 saturated heterocycles. The van der Waals surface area contributed by atoms with E-state index in [0.717, 1.165) is 32.0 Å². The smallest absolute Gasteiger partial charge is 0.119 e. The summed E-state index contributed by atoms with van der Waals surface area (Å²) in [5.41, 5.74) is 1.25. The molecule has 1 aliphatic rings. The summed E-state index contributed by atoms with van der Waals surface area (Å²) in [5.74, 6) is 0.990. The molecule has 3 nitrogen and oxygen atoms in total. The first-order valence-corrected chi connectivity index (χ1v) is 6.97. The number of rotatable bonds is 4. The maximum Gasteiger partial charge on any atom is 0.119 e. The normalized spacial score (nSPS) is 18.1. The molecule has 3 heteroatoms. The Morgan fingerprint density at radius 2 is 2.00 bits per heavy atom. The summed E-state index contributed by atoms with van der Waals surface area (Å²) < 4.78 is 5.80. The fourth-order valence-corrected chi connectivity index (χ4v) is 2.31. The number of aryl methyl sites for hydroxylation is 1. The average molecular weight is 248 g/mol. The number of ether oxygens (including phenoxy) is 1. The Bertz CT molecular complexity index is 346. The van der Waals surface area contributed by atoms with Crippen LogP contribution in [0.4, 0.5) is 0 Å². The van der Waals surface area contributed by atoms with E-state index in [1.165, 1.54) is 31.5 Å². The van der Waals surface area contributed by atoms with Crippen molar-refractivity contribution in [2.24, 2.45) is 0 Å². The summed E-state index contributed by atoms with van der Waals surface area (Å²) in [7, 11) is 0. The molecule has 1 heterocycles. The predicted octanol–water partition coefficient (Wildman–Crippen LogP) is 2.06. The van der Waals surface area contributed by atoms with Gasteiger partial charge in [0, 0.05) is 6.54 Å². The topological polar surface area (TPSA) is 24.5 Å². The molecule has 1 aliphatic heterocycles. The highest BCUT2D eigenvalue weighted by Crippen LogP contribution is 2.12. The van der Waals surface area contributed by atoms with Crippen LogP contribution < -0.4 is 10.1 Å². The van der Waals surface area contributed by atoms with Crippen molar-refractivity contribution in [1.82, 2.24) is 10.2 Å². The molecule has 0 unspecified atom stereocenters. The highest BCUT2D eigenvalue weighted by molar-refractivity contribution is 5.27. The maximum atomic E-state index is 5.80. The van der Waals surface area contributed by atoms with Gasteiger partial charge >= 0.3 is 0 Å². The van der Waals surface area contributed by atoms with Crippen LogP contribution in [0.5, 0.6) is 5.75 Å². The second-order valence-corrected chi connectivity index (χ2v) is 4.96. The first kappa shape index (κ1) is 13.4. The molecule has 0 bridgehead atoms. The van der Waals surface area contributed by atoms with E-state index in [0.29, 0.717) is 0 Å². The van der Waals surface area contributed by atoms with E-state index < -0.39 is 0 Å². The minimum atomic E-state index is 0.789. The Balaban J connectivity index is 1.70. The van der Waals surface area contributed by atoms with Gasteiger partial charge < -0.3 is 10.1 Å². The molecule has 1 fully saturated rings. The molecule has 0 aromatic heterocycles. The van der Waals surface area contributed by atoms with Crippen LogP contribution in [0.3, 0.4) is 0 Å². The van der Waals surface area contributed by atoms with Crippen LogP contribution in [-0.2, 0) is 0 Å². The lowest BCUT2D eigenvalue weighted by atomic mass is 10.2. The third kappa shape index (κ3) is 4.67. The number of nitrogens with one attached hydrogen (secondary N) is 1. The fourth-order valence-electron chi connectivity index (χ4n) is 2.31. The van der Waals surface area contributed by atoms with Gasteiger partial charge in [0.15, 0.2) is 0 Å². The van der Waals surface area contributed by atoms with Gasteiger partial charge in [0.2, 0.25) is 0 Å². The maximum absolute atomic E-state index is 5.80. The third-order valence-electron chi connectivity index (χ3n) is 3.32. The molecule has 0 amide bonds. The summed E-state index contributed by atoms with van der Waals surface area (Å²) in [5, 5.41) is 3.44. The molecular weight excluding hydrogens is 224 g/mol. The monoisotopic (exact) mass is 248 g/mol. The van der Waals surface area contributed by atoms with Gasteiger partial charge in [0.1, 0.15) is 12.4 Å². The zero-order valence-electron chi connectivity index (χ0n) is 11.3. The lowest BCUT2D eigenvalue weighted by Gasteiger charge is -2.24. The molecule has 1 N–H and O–H groups in total. The standard InChI is InChI=1S/C15H24N2O/c1-14-5-2-6-15(13-14)18-12-11-17-9-3-7-16-8-4-10-17/h2,5-6,13,16H,3-4,7-12H2,1H3. The van der Waals surface area contributed by atoms with Crippen molar-refractivity contribution < 1.29 is 4.74 Å². The molecule has 1 aromatic rings. The molecule has 18 heavy (non-hydrogen) atoms. The van der Waals surface area contributed by atoms with E-state index in [1.54, 1.807) is 0 Å². The van der Waals surface area contributed by atoms with E-state index in [4.69, 9.17) is 4.74 Å². The molecule has 0 aliphatic carbocycles. The summed E-state index contributed by atoms with van der Waals surface area (Å²) in [6.45, 7) is 8.59. The largest absolute Gasteiger partial charge is 0.492 e. The van der Waals surface area contributed by atoms with Crippen LogP contribution in [-0.4, -0.2) is 44.2 Å². The van der Waals surface area contributed by atoms with Crippen molar-refractivity contribution in [2.75, 3.05) is 39.3 Å². The first-order valence-electron chi connectivity index (χ1n) is 6.97. The second-order valence-electron chi connectivity index (χ2n) is 4.96. The Kier molecular flexibility index (Phi) is 5.49. The number of nitrogens with zero attached hydrogens (tertiary/aromatic N) is 1. The lowest BCUT2D eigenvalue weighted by Crippen LogP contribution is -2.36. The predicted molar refractivity (Wildman–Crippen MR) is 75.2 cm³/mol. The van der Waals surface area contributed by atoms with Gasteiger partial charge in [-0.15, -0.1) is 0 Å².